The zero-order chi connectivity index (χ0) is 14.5. The van der Waals surface area contributed by atoms with Crippen molar-refractivity contribution in [3.8, 4) is 0 Å². The molecular weight excluding hydrogens is 355 g/mol. The maximum Gasteiger partial charge on any atom is 0.111 e. The summed E-state index contributed by atoms with van der Waals surface area (Å²) in [5.41, 5.74) is 0.677. The van der Waals surface area contributed by atoms with Crippen LogP contribution in [0.3, 0.4) is 0 Å². The second-order valence-corrected chi connectivity index (χ2v) is 6.36. The van der Waals surface area contributed by atoms with E-state index in [2.05, 4.69) is 22.6 Å². The molecule has 0 bridgehead atoms. The smallest absolute Gasteiger partial charge is 0.111 e. The summed E-state index contributed by atoms with van der Waals surface area (Å²) in [7, 11) is 1.61. The van der Waals surface area contributed by atoms with Gasteiger partial charge in [-0.05, 0) is 26.3 Å². The maximum atomic E-state index is 10.5. The summed E-state index contributed by atoms with van der Waals surface area (Å²) in [5, 5.41) is 10.5. The molecule has 0 amide bonds. The Kier molecular flexibility index (Phi) is 6.73. The van der Waals surface area contributed by atoms with Gasteiger partial charge in [0.25, 0.3) is 0 Å². The Morgan fingerprint density at radius 3 is 2.21 bits per heavy atom. The molecule has 0 spiro atoms. The molecule has 0 aromatic heterocycles. The Labute approximate surface area is 129 Å². The average molecular weight is 378 g/mol. The Balaban J connectivity index is 2.85. The Bertz CT molecular complexity index is 361. The summed E-state index contributed by atoms with van der Waals surface area (Å²) in [4.78, 5) is 0. The second-order valence-electron chi connectivity index (χ2n) is 5.48. The lowest BCUT2D eigenvalue weighted by molar-refractivity contribution is -0.136. The SMILES string of the molecule is CO[C@H](c1ccccc1)[C@@H](O)[C@@H](CI)OC(C)(C)C. The fourth-order valence-electron chi connectivity index (χ4n) is 1.96. The van der Waals surface area contributed by atoms with Gasteiger partial charge < -0.3 is 14.6 Å². The van der Waals surface area contributed by atoms with E-state index in [4.69, 9.17) is 9.47 Å². The highest BCUT2D eigenvalue weighted by Gasteiger charge is 2.31. The van der Waals surface area contributed by atoms with Gasteiger partial charge in [0.05, 0.1) is 11.7 Å². The number of aliphatic hydroxyl groups is 1. The van der Waals surface area contributed by atoms with E-state index in [0.717, 1.165) is 5.56 Å². The van der Waals surface area contributed by atoms with Gasteiger partial charge in [0, 0.05) is 11.5 Å². The van der Waals surface area contributed by atoms with Gasteiger partial charge >= 0.3 is 0 Å². The summed E-state index contributed by atoms with van der Waals surface area (Å²) in [6.07, 6.45) is -1.32. The lowest BCUT2D eigenvalue weighted by Gasteiger charge is -2.33. The summed E-state index contributed by atoms with van der Waals surface area (Å²) in [6, 6.07) is 9.75. The fourth-order valence-corrected chi connectivity index (χ4v) is 2.66. The molecule has 1 aromatic carbocycles. The van der Waals surface area contributed by atoms with Crippen LogP contribution in [0.1, 0.15) is 32.4 Å². The van der Waals surface area contributed by atoms with E-state index in [9.17, 15) is 5.11 Å². The van der Waals surface area contributed by atoms with Gasteiger partial charge in [-0.2, -0.15) is 0 Å². The number of benzene rings is 1. The van der Waals surface area contributed by atoms with Crippen LogP contribution >= 0.6 is 22.6 Å². The molecule has 3 nitrogen and oxygen atoms in total. The third-order valence-corrected chi connectivity index (χ3v) is 3.60. The fraction of sp³-hybridized carbons (Fsp3) is 0.600. The average Bonchev–Trinajstić information content (AvgIpc) is 2.37. The monoisotopic (exact) mass is 378 g/mol. The number of rotatable bonds is 6. The van der Waals surface area contributed by atoms with Crippen LogP contribution in [0.5, 0.6) is 0 Å². The van der Waals surface area contributed by atoms with Crippen molar-refractivity contribution in [2.75, 3.05) is 11.5 Å². The first-order chi connectivity index (χ1) is 8.89. The molecule has 19 heavy (non-hydrogen) atoms. The molecule has 0 fully saturated rings. The van der Waals surface area contributed by atoms with Crippen molar-refractivity contribution in [3.63, 3.8) is 0 Å². The van der Waals surface area contributed by atoms with Crippen molar-refractivity contribution in [1.82, 2.24) is 0 Å². The summed E-state index contributed by atoms with van der Waals surface area (Å²) in [6.45, 7) is 5.97. The Hall–Kier alpha value is -0.170. The van der Waals surface area contributed by atoms with Gasteiger partial charge in [0.15, 0.2) is 0 Å². The molecule has 0 aliphatic carbocycles. The Morgan fingerprint density at radius 2 is 1.79 bits per heavy atom. The van der Waals surface area contributed by atoms with Gasteiger partial charge in [0.1, 0.15) is 12.2 Å². The van der Waals surface area contributed by atoms with E-state index < -0.39 is 6.10 Å². The zero-order valence-electron chi connectivity index (χ0n) is 12.0. The maximum absolute atomic E-state index is 10.5. The van der Waals surface area contributed by atoms with Crippen LogP contribution in [0.15, 0.2) is 30.3 Å². The third-order valence-electron chi connectivity index (χ3n) is 2.73. The number of aliphatic hydroxyl groups excluding tert-OH is 1. The summed E-state index contributed by atoms with van der Waals surface area (Å²) >= 11 is 2.23. The van der Waals surface area contributed by atoms with Gasteiger partial charge in [0.2, 0.25) is 0 Å². The molecule has 0 radical (unpaired) electrons. The highest BCUT2D eigenvalue weighted by atomic mass is 127. The van der Waals surface area contributed by atoms with Crippen LogP contribution in [-0.4, -0.2) is 34.5 Å². The highest BCUT2D eigenvalue weighted by Crippen LogP contribution is 2.26. The number of methoxy groups -OCH3 is 1. The van der Waals surface area contributed by atoms with Gasteiger partial charge in [-0.1, -0.05) is 52.9 Å². The first-order valence-corrected chi connectivity index (χ1v) is 7.91. The molecule has 4 heteroatoms. The zero-order valence-corrected chi connectivity index (χ0v) is 14.1. The molecular formula is C15H23IO3. The number of ether oxygens (including phenoxy) is 2. The largest absolute Gasteiger partial charge is 0.387 e. The standard InChI is InChI=1S/C15H23IO3/c1-15(2,3)19-12(10-16)13(17)14(18-4)11-8-6-5-7-9-11/h5-9,12-14,17H,10H2,1-4H3/t12-,13+,14-/m1/s1. The molecule has 0 saturated heterocycles. The number of hydrogen-bond donors (Lipinski definition) is 1. The number of hydrogen-bond acceptors (Lipinski definition) is 3. The van der Waals surface area contributed by atoms with Crippen molar-refractivity contribution >= 4 is 22.6 Å². The summed E-state index contributed by atoms with van der Waals surface area (Å²) < 4.78 is 12.1. The number of alkyl halides is 1. The molecule has 3 atom stereocenters. The molecule has 0 heterocycles. The molecule has 1 N–H and O–H groups in total. The van der Waals surface area contributed by atoms with Crippen molar-refractivity contribution in [3.05, 3.63) is 35.9 Å². The summed E-state index contributed by atoms with van der Waals surface area (Å²) in [5.74, 6) is 0. The molecule has 0 unspecified atom stereocenters. The lowest BCUT2D eigenvalue weighted by Crippen LogP contribution is -2.41. The predicted octanol–water partition coefficient (Wildman–Crippen LogP) is 3.35. The minimum atomic E-state index is -0.691. The molecule has 1 rings (SSSR count). The number of halogens is 1. The first-order valence-electron chi connectivity index (χ1n) is 6.38. The van der Waals surface area contributed by atoms with E-state index in [1.807, 2.05) is 51.1 Å². The quantitative estimate of drug-likeness (QED) is 0.610. The normalized spacial score (nSPS) is 16.9. The molecule has 1 aromatic rings. The van der Waals surface area contributed by atoms with Crippen LogP contribution in [-0.2, 0) is 9.47 Å². The van der Waals surface area contributed by atoms with E-state index >= 15 is 0 Å². The van der Waals surface area contributed by atoms with Gasteiger partial charge in [-0.25, -0.2) is 0 Å². The van der Waals surface area contributed by atoms with E-state index in [-0.39, 0.29) is 17.8 Å². The molecule has 0 saturated carbocycles. The van der Waals surface area contributed by atoms with E-state index in [0.29, 0.717) is 4.43 Å². The third kappa shape index (κ3) is 5.38. The van der Waals surface area contributed by atoms with Gasteiger partial charge in [-0.15, -0.1) is 0 Å². The van der Waals surface area contributed by atoms with Crippen molar-refractivity contribution in [1.29, 1.82) is 0 Å². The van der Waals surface area contributed by atoms with Gasteiger partial charge in [-0.3, -0.25) is 0 Å². The van der Waals surface area contributed by atoms with Crippen LogP contribution in [0.25, 0.3) is 0 Å². The van der Waals surface area contributed by atoms with E-state index in [1.165, 1.54) is 0 Å². The molecule has 0 aliphatic rings. The van der Waals surface area contributed by atoms with E-state index in [1.54, 1.807) is 7.11 Å². The highest BCUT2D eigenvalue weighted by molar-refractivity contribution is 14.1. The predicted molar refractivity (Wildman–Crippen MR) is 85.7 cm³/mol. The lowest BCUT2D eigenvalue weighted by atomic mass is 10.0. The van der Waals surface area contributed by atoms with Crippen LogP contribution in [0.4, 0.5) is 0 Å². The topological polar surface area (TPSA) is 38.7 Å². The van der Waals surface area contributed by atoms with Crippen molar-refractivity contribution in [2.24, 2.45) is 0 Å². The van der Waals surface area contributed by atoms with Crippen molar-refractivity contribution < 1.29 is 14.6 Å². The minimum Gasteiger partial charge on any atom is -0.387 e. The molecule has 108 valence electrons. The molecule has 0 aliphatic heterocycles. The Morgan fingerprint density at radius 1 is 1.21 bits per heavy atom. The first kappa shape index (κ1) is 16.9. The minimum absolute atomic E-state index is 0.259. The van der Waals surface area contributed by atoms with Crippen LogP contribution in [0, 0.1) is 0 Å². The van der Waals surface area contributed by atoms with Crippen LogP contribution < -0.4 is 0 Å². The van der Waals surface area contributed by atoms with Crippen molar-refractivity contribution in [2.45, 2.75) is 44.7 Å². The van der Waals surface area contributed by atoms with Crippen LogP contribution in [0.2, 0.25) is 0 Å². The second kappa shape index (κ2) is 7.57.